The van der Waals surface area contributed by atoms with E-state index < -0.39 is 23.4 Å². The summed E-state index contributed by atoms with van der Waals surface area (Å²) in [6, 6.07) is 7.49. The Hall–Kier alpha value is -3.30. The molecule has 0 aromatic heterocycles. The van der Waals surface area contributed by atoms with E-state index in [9.17, 15) is 14.4 Å². The number of carbonyl (C=O) groups is 3. The zero-order chi connectivity index (χ0) is 25.8. The second-order valence-corrected chi connectivity index (χ2v) is 10.4. The Morgan fingerprint density at radius 3 is 2.06 bits per heavy atom. The fourth-order valence-electron chi connectivity index (χ4n) is 3.29. The van der Waals surface area contributed by atoms with Gasteiger partial charge in [0.1, 0.15) is 11.2 Å². The lowest BCUT2D eigenvalue weighted by atomic mass is 10.1. The van der Waals surface area contributed by atoms with Gasteiger partial charge in [0.2, 0.25) is 5.96 Å². The highest BCUT2D eigenvalue weighted by molar-refractivity contribution is 5.99. The fourth-order valence-corrected chi connectivity index (χ4v) is 3.29. The largest absolute Gasteiger partial charge is 0.443 e. The maximum atomic E-state index is 13.4. The van der Waals surface area contributed by atoms with E-state index in [4.69, 9.17) is 9.47 Å². The number of aryl methyl sites for hydroxylation is 1. The first-order chi connectivity index (χ1) is 15.6. The Morgan fingerprint density at radius 1 is 1.00 bits per heavy atom. The van der Waals surface area contributed by atoms with Crippen LogP contribution in [0.25, 0.3) is 0 Å². The molecule has 10 heteroatoms. The summed E-state index contributed by atoms with van der Waals surface area (Å²) in [4.78, 5) is 48.5. The van der Waals surface area contributed by atoms with Gasteiger partial charge in [-0.25, -0.2) is 19.3 Å². The molecule has 4 amide bonds. The molecule has 2 rings (SSSR count). The molecule has 0 atom stereocenters. The molecule has 1 aromatic carbocycles. The Balaban J connectivity index is 2.56. The number of amides is 4. The number of urea groups is 1. The first kappa shape index (κ1) is 26.9. The molecule has 0 radical (unpaired) electrons. The number of guanidine groups is 1. The van der Waals surface area contributed by atoms with Crippen molar-refractivity contribution in [2.75, 3.05) is 27.4 Å². The van der Waals surface area contributed by atoms with Crippen molar-refractivity contribution in [2.24, 2.45) is 4.99 Å². The first-order valence-corrected chi connectivity index (χ1v) is 11.1. The molecule has 0 bridgehead atoms. The molecule has 0 N–H and O–H groups in total. The highest BCUT2D eigenvalue weighted by atomic mass is 16.6. The zero-order valence-corrected chi connectivity index (χ0v) is 21.7. The fraction of sp³-hybridized carbons (Fsp3) is 0.583. The van der Waals surface area contributed by atoms with Gasteiger partial charge >= 0.3 is 18.2 Å². The van der Waals surface area contributed by atoms with Crippen LogP contribution in [-0.4, -0.2) is 82.4 Å². The topological polar surface area (TPSA) is 95.0 Å². The summed E-state index contributed by atoms with van der Waals surface area (Å²) in [6.45, 7) is 12.8. The number of hydrogen-bond donors (Lipinski definition) is 0. The van der Waals surface area contributed by atoms with Gasteiger partial charge in [0.15, 0.2) is 0 Å². The third-order valence-electron chi connectivity index (χ3n) is 4.56. The maximum absolute atomic E-state index is 13.4. The maximum Gasteiger partial charge on any atom is 0.437 e. The molecular weight excluding hydrogens is 438 g/mol. The summed E-state index contributed by atoms with van der Waals surface area (Å²) in [5, 5.41) is 0. The summed E-state index contributed by atoms with van der Waals surface area (Å²) >= 11 is 0. The first-order valence-electron chi connectivity index (χ1n) is 11.1. The third kappa shape index (κ3) is 7.93. The predicted molar refractivity (Wildman–Crippen MR) is 129 cm³/mol. The van der Waals surface area contributed by atoms with E-state index in [1.165, 1.54) is 14.7 Å². The molecule has 0 unspecified atom stereocenters. The van der Waals surface area contributed by atoms with Gasteiger partial charge in [-0.1, -0.05) is 29.8 Å². The standard InChI is InChI=1S/C24H37N5O5/c1-17-11-10-12-18(13-17)14-29(22(32)34-24(5,6)7)19(25-20(30)33-23(2,3)4)28-15-26(8)21(31)27(9)16-28/h10-13H,14-16H2,1-9H3/b25-19-. The SMILES string of the molecule is Cc1cccc(CN(C(=O)OC(C)(C)C)/C(=N\C(=O)OC(C)(C)C)N2CN(C)C(=O)N(C)C2)c1. The lowest BCUT2D eigenvalue weighted by Crippen LogP contribution is -2.60. The second-order valence-electron chi connectivity index (χ2n) is 10.4. The van der Waals surface area contributed by atoms with Crippen LogP contribution in [0, 0.1) is 6.92 Å². The third-order valence-corrected chi connectivity index (χ3v) is 4.56. The van der Waals surface area contributed by atoms with Crippen LogP contribution < -0.4 is 0 Å². The molecular formula is C24H37N5O5. The monoisotopic (exact) mass is 475 g/mol. The van der Waals surface area contributed by atoms with Crippen molar-refractivity contribution >= 4 is 24.2 Å². The Kier molecular flexibility index (Phi) is 8.18. The lowest BCUT2D eigenvalue weighted by Gasteiger charge is -2.42. The van der Waals surface area contributed by atoms with Gasteiger partial charge in [0.25, 0.3) is 0 Å². The molecule has 10 nitrogen and oxygen atoms in total. The summed E-state index contributed by atoms with van der Waals surface area (Å²) in [5.74, 6) is 0.0382. The van der Waals surface area contributed by atoms with Gasteiger partial charge in [-0.3, -0.25) is 0 Å². The van der Waals surface area contributed by atoms with Crippen LogP contribution in [-0.2, 0) is 16.0 Å². The molecule has 1 aliphatic heterocycles. The quantitative estimate of drug-likeness (QED) is 0.469. The summed E-state index contributed by atoms with van der Waals surface area (Å²) < 4.78 is 11.1. The normalized spacial score (nSPS) is 15.4. The Morgan fingerprint density at radius 2 is 1.56 bits per heavy atom. The molecule has 34 heavy (non-hydrogen) atoms. The van der Waals surface area contributed by atoms with Crippen LogP contribution in [0.15, 0.2) is 29.3 Å². The molecule has 0 saturated carbocycles. The highest BCUT2D eigenvalue weighted by Gasteiger charge is 2.35. The van der Waals surface area contributed by atoms with Crippen LogP contribution in [0.3, 0.4) is 0 Å². The van der Waals surface area contributed by atoms with Crippen molar-refractivity contribution in [1.29, 1.82) is 0 Å². The van der Waals surface area contributed by atoms with E-state index in [1.54, 1.807) is 60.5 Å². The Bertz CT molecular complexity index is 934. The minimum atomic E-state index is -0.845. The minimum absolute atomic E-state index is 0.0382. The van der Waals surface area contributed by atoms with Crippen LogP contribution in [0.1, 0.15) is 52.7 Å². The van der Waals surface area contributed by atoms with E-state index in [0.29, 0.717) is 0 Å². The van der Waals surface area contributed by atoms with Gasteiger partial charge in [0, 0.05) is 14.1 Å². The number of nitrogens with zero attached hydrogens (tertiary/aromatic N) is 5. The van der Waals surface area contributed by atoms with Gasteiger partial charge in [-0.05, 0) is 54.0 Å². The van der Waals surface area contributed by atoms with Crippen LogP contribution in [0.2, 0.25) is 0 Å². The number of carbonyl (C=O) groups excluding carboxylic acids is 3. The lowest BCUT2D eigenvalue weighted by molar-refractivity contribution is 0.0300. The molecule has 0 spiro atoms. The molecule has 1 aromatic rings. The number of aliphatic imine (C=N–C) groups is 1. The summed E-state index contributed by atoms with van der Waals surface area (Å²) in [6.07, 6.45) is -1.51. The van der Waals surface area contributed by atoms with Crippen LogP contribution in [0.4, 0.5) is 14.4 Å². The smallest absolute Gasteiger partial charge is 0.437 e. The number of ether oxygens (including phenoxy) is 2. The van der Waals surface area contributed by atoms with Crippen molar-refractivity contribution in [3.05, 3.63) is 35.4 Å². The average Bonchev–Trinajstić information content (AvgIpc) is 2.65. The van der Waals surface area contributed by atoms with Gasteiger partial charge in [-0.2, -0.15) is 0 Å². The molecule has 0 aliphatic carbocycles. The van der Waals surface area contributed by atoms with Crippen molar-refractivity contribution < 1.29 is 23.9 Å². The van der Waals surface area contributed by atoms with E-state index >= 15 is 0 Å². The average molecular weight is 476 g/mol. The van der Waals surface area contributed by atoms with E-state index in [0.717, 1.165) is 11.1 Å². The molecule has 1 saturated heterocycles. The Labute approximate surface area is 202 Å². The summed E-state index contributed by atoms with van der Waals surface area (Å²) in [7, 11) is 3.27. The van der Waals surface area contributed by atoms with Gasteiger partial charge in [0.05, 0.1) is 19.9 Å². The number of benzene rings is 1. The minimum Gasteiger partial charge on any atom is -0.443 e. The van der Waals surface area contributed by atoms with Crippen LogP contribution in [0.5, 0.6) is 0 Å². The van der Waals surface area contributed by atoms with Crippen molar-refractivity contribution in [2.45, 2.75) is 66.2 Å². The van der Waals surface area contributed by atoms with Crippen molar-refractivity contribution in [1.82, 2.24) is 19.6 Å². The zero-order valence-electron chi connectivity index (χ0n) is 21.7. The van der Waals surface area contributed by atoms with Crippen LogP contribution >= 0.6 is 0 Å². The van der Waals surface area contributed by atoms with E-state index in [2.05, 4.69) is 4.99 Å². The molecule has 1 aliphatic rings. The van der Waals surface area contributed by atoms with E-state index in [-0.39, 0.29) is 31.9 Å². The highest BCUT2D eigenvalue weighted by Crippen LogP contribution is 2.19. The van der Waals surface area contributed by atoms with Crippen molar-refractivity contribution in [3.63, 3.8) is 0 Å². The molecule has 188 valence electrons. The number of rotatable bonds is 2. The van der Waals surface area contributed by atoms with Crippen molar-refractivity contribution in [3.8, 4) is 0 Å². The molecule has 1 fully saturated rings. The molecule has 1 heterocycles. The van der Waals surface area contributed by atoms with Gasteiger partial charge in [-0.15, -0.1) is 4.99 Å². The second kappa shape index (κ2) is 10.3. The predicted octanol–water partition coefficient (Wildman–Crippen LogP) is 4.24. The van der Waals surface area contributed by atoms with E-state index in [1.807, 2.05) is 31.2 Å². The van der Waals surface area contributed by atoms with Gasteiger partial charge < -0.3 is 24.2 Å². The number of hydrogen-bond acceptors (Lipinski definition) is 5. The summed E-state index contributed by atoms with van der Waals surface area (Å²) in [5.41, 5.74) is 0.308.